The highest BCUT2D eigenvalue weighted by molar-refractivity contribution is 5.72. The molecule has 1 aromatic carbocycles. The van der Waals surface area contributed by atoms with E-state index < -0.39 is 17.1 Å². The monoisotopic (exact) mass is 268 g/mol. The van der Waals surface area contributed by atoms with Gasteiger partial charge in [0.15, 0.2) is 0 Å². The lowest BCUT2D eigenvalue weighted by Gasteiger charge is -2.18. The lowest BCUT2D eigenvalue weighted by molar-refractivity contribution is -0.386. The second kappa shape index (κ2) is 6.26. The Morgan fingerprint density at radius 2 is 2.11 bits per heavy atom. The molecule has 2 unspecified atom stereocenters. The van der Waals surface area contributed by atoms with Crippen LogP contribution in [0, 0.1) is 17.0 Å². The van der Waals surface area contributed by atoms with Crippen molar-refractivity contribution in [3.05, 3.63) is 39.4 Å². The summed E-state index contributed by atoms with van der Waals surface area (Å²) in [5, 5.41) is 33.0. The maximum absolute atomic E-state index is 11.0. The number of hydrogen-bond acceptors (Lipinski definition) is 5. The van der Waals surface area contributed by atoms with E-state index in [-0.39, 0.29) is 23.7 Å². The molecule has 7 nitrogen and oxygen atoms in total. The average Bonchev–Trinajstić information content (AvgIpc) is 2.34. The molecule has 0 bridgehead atoms. The Hall–Kier alpha value is -1.99. The quantitative estimate of drug-likeness (QED) is 0.529. The zero-order valence-electron chi connectivity index (χ0n) is 10.7. The summed E-state index contributed by atoms with van der Waals surface area (Å²) in [7, 11) is 0. The number of nitrogens with zero attached hydrogens (tertiary/aromatic N) is 1. The van der Waals surface area contributed by atoms with Gasteiger partial charge in [0.25, 0.3) is 5.69 Å². The minimum Gasteiger partial charge on any atom is -0.388 e. The average molecular weight is 268 g/mol. The van der Waals surface area contributed by atoms with Gasteiger partial charge in [-0.2, -0.15) is 0 Å². The van der Waals surface area contributed by atoms with E-state index in [1.54, 1.807) is 19.1 Å². The van der Waals surface area contributed by atoms with Gasteiger partial charge < -0.3 is 15.5 Å². The fourth-order valence-electron chi connectivity index (χ4n) is 1.74. The summed E-state index contributed by atoms with van der Waals surface area (Å²) in [6.45, 7) is 2.64. The summed E-state index contributed by atoms with van der Waals surface area (Å²) in [6, 6.07) is 4.49. The van der Waals surface area contributed by atoms with Crippen LogP contribution in [0.3, 0.4) is 0 Å². The van der Waals surface area contributed by atoms with Gasteiger partial charge in [0.2, 0.25) is 5.91 Å². The van der Waals surface area contributed by atoms with Crippen LogP contribution in [0.15, 0.2) is 18.2 Å². The number of nitrogens with one attached hydrogen (secondary N) is 1. The fourth-order valence-corrected chi connectivity index (χ4v) is 1.74. The third kappa shape index (κ3) is 3.73. The maximum atomic E-state index is 11.0. The fraction of sp³-hybridized carbons (Fsp3) is 0.417. The van der Waals surface area contributed by atoms with Crippen LogP contribution in [0.2, 0.25) is 0 Å². The Morgan fingerprint density at radius 3 is 2.63 bits per heavy atom. The van der Waals surface area contributed by atoms with Gasteiger partial charge in [0, 0.05) is 19.0 Å². The van der Waals surface area contributed by atoms with Gasteiger partial charge in [-0.1, -0.05) is 12.1 Å². The number of rotatable bonds is 5. The molecule has 19 heavy (non-hydrogen) atoms. The van der Waals surface area contributed by atoms with Crippen molar-refractivity contribution in [2.45, 2.75) is 26.1 Å². The Labute approximate surface area is 110 Å². The molecule has 0 saturated heterocycles. The topological polar surface area (TPSA) is 113 Å². The number of nitro groups is 1. The van der Waals surface area contributed by atoms with E-state index >= 15 is 0 Å². The summed E-state index contributed by atoms with van der Waals surface area (Å²) in [6.07, 6.45) is -2.75. The molecule has 7 heteroatoms. The van der Waals surface area contributed by atoms with E-state index in [9.17, 15) is 25.1 Å². The number of aliphatic hydroxyl groups excluding tert-OH is 2. The van der Waals surface area contributed by atoms with Crippen molar-refractivity contribution in [3.63, 3.8) is 0 Å². The number of amides is 1. The first-order valence-corrected chi connectivity index (χ1v) is 5.69. The van der Waals surface area contributed by atoms with Gasteiger partial charge in [0.1, 0.15) is 12.2 Å². The van der Waals surface area contributed by atoms with Crippen LogP contribution in [-0.4, -0.2) is 33.7 Å². The molecule has 2 atom stereocenters. The number of para-hydroxylation sites is 1. The van der Waals surface area contributed by atoms with Crippen molar-refractivity contribution in [1.82, 2.24) is 5.32 Å². The summed E-state index contributed by atoms with van der Waals surface area (Å²) < 4.78 is 0. The second-order valence-electron chi connectivity index (χ2n) is 4.22. The molecule has 0 aliphatic heterocycles. The largest absolute Gasteiger partial charge is 0.388 e. The minimum absolute atomic E-state index is 0.0304. The number of nitro benzene ring substituents is 1. The highest BCUT2D eigenvalue weighted by Gasteiger charge is 2.27. The first-order chi connectivity index (χ1) is 8.84. The van der Waals surface area contributed by atoms with Crippen molar-refractivity contribution in [3.8, 4) is 0 Å². The van der Waals surface area contributed by atoms with Crippen molar-refractivity contribution < 1.29 is 19.9 Å². The summed E-state index contributed by atoms with van der Waals surface area (Å²) in [4.78, 5) is 21.1. The summed E-state index contributed by atoms with van der Waals surface area (Å²) in [5.74, 6) is -0.356. The van der Waals surface area contributed by atoms with Crippen molar-refractivity contribution in [2.75, 3.05) is 6.54 Å². The first kappa shape index (κ1) is 15.1. The van der Waals surface area contributed by atoms with Crippen molar-refractivity contribution in [1.29, 1.82) is 0 Å². The van der Waals surface area contributed by atoms with Crippen LogP contribution in [0.4, 0.5) is 5.69 Å². The van der Waals surface area contributed by atoms with Crippen LogP contribution >= 0.6 is 0 Å². The molecular weight excluding hydrogens is 252 g/mol. The predicted molar refractivity (Wildman–Crippen MR) is 67.5 cm³/mol. The summed E-state index contributed by atoms with van der Waals surface area (Å²) in [5.41, 5.74) is 0.202. The molecule has 0 saturated carbocycles. The van der Waals surface area contributed by atoms with Crippen LogP contribution in [0.25, 0.3) is 0 Å². The molecule has 0 aliphatic carbocycles. The SMILES string of the molecule is CC(=O)NCC(O)C(O)c1cccc(C)c1[N+](=O)[O-]. The molecule has 0 aromatic heterocycles. The van der Waals surface area contributed by atoms with Gasteiger partial charge in [-0.15, -0.1) is 0 Å². The molecule has 1 aromatic rings. The molecular formula is C12H16N2O5. The van der Waals surface area contributed by atoms with Gasteiger partial charge in [0.05, 0.1) is 10.5 Å². The Morgan fingerprint density at radius 1 is 1.47 bits per heavy atom. The van der Waals surface area contributed by atoms with E-state index in [0.29, 0.717) is 5.56 Å². The number of hydrogen-bond donors (Lipinski definition) is 3. The highest BCUT2D eigenvalue weighted by Crippen LogP contribution is 2.30. The number of carbonyl (C=O) groups excluding carboxylic acids is 1. The van der Waals surface area contributed by atoms with E-state index in [4.69, 9.17) is 0 Å². The molecule has 104 valence electrons. The van der Waals surface area contributed by atoms with E-state index in [1.807, 2.05) is 0 Å². The molecule has 0 radical (unpaired) electrons. The lowest BCUT2D eigenvalue weighted by Crippen LogP contribution is -2.34. The number of aryl methyl sites for hydroxylation is 1. The number of aliphatic hydroxyl groups is 2. The van der Waals surface area contributed by atoms with Crippen LogP contribution in [0.1, 0.15) is 24.2 Å². The Bertz CT molecular complexity index is 489. The first-order valence-electron chi connectivity index (χ1n) is 5.69. The van der Waals surface area contributed by atoms with Crippen molar-refractivity contribution >= 4 is 11.6 Å². The van der Waals surface area contributed by atoms with E-state index in [2.05, 4.69) is 5.32 Å². The normalized spacial score (nSPS) is 13.7. The number of benzene rings is 1. The molecule has 0 spiro atoms. The van der Waals surface area contributed by atoms with Crippen LogP contribution in [-0.2, 0) is 4.79 Å². The Balaban J connectivity index is 2.99. The maximum Gasteiger partial charge on any atom is 0.278 e. The molecule has 0 aliphatic rings. The molecule has 1 rings (SSSR count). The Kier molecular flexibility index (Phi) is 4.96. The van der Waals surface area contributed by atoms with Gasteiger partial charge in [-0.25, -0.2) is 0 Å². The molecule has 0 heterocycles. The van der Waals surface area contributed by atoms with E-state index in [1.165, 1.54) is 13.0 Å². The number of carbonyl (C=O) groups is 1. The standard InChI is InChI=1S/C12H16N2O5/c1-7-4-3-5-9(11(7)14(18)19)12(17)10(16)6-13-8(2)15/h3-5,10,12,16-17H,6H2,1-2H3,(H,13,15). The smallest absolute Gasteiger partial charge is 0.278 e. The van der Waals surface area contributed by atoms with Gasteiger partial charge in [-0.3, -0.25) is 14.9 Å². The second-order valence-corrected chi connectivity index (χ2v) is 4.22. The van der Waals surface area contributed by atoms with Crippen molar-refractivity contribution in [2.24, 2.45) is 0 Å². The van der Waals surface area contributed by atoms with Crippen LogP contribution < -0.4 is 5.32 Å². The third-order valence-electron chi connectivity index (χ3n) is 2.69. The lowest BCUT2D eigenvalue weighted by atomic mass is 9.99. The van der Waals surface area contributed by atoms with Crippen LogP contribution in [0.5, 0.6) is 0 Å². The zero-order valence-corrected chi connectivity index (χ0v) is 10.7. The zero-order chi connectivity index (χ0) is 14.6. The van der Waals surface area contributed by atoms with E-state index in [0.717, 1.165) is 0 Å². The summed E-state index contributed by atoms with van der Waals surface area (Å²) >= 11 is 0. The highest BCUT2D eigenvalue weighted by atomic mass is 16.6. The molecule has 0 fully saturated rings. The molecule has 3 N–H and O–H groups in total. The minimum atomic E-state index is -1.44. The third-order valence-corrected chi connectivity index (χ3v) is 2.69. The predicted octanol–water partition coefficient (Wildman–Crippen LogP) is 0.434. The molecule has 1 amide bonds. The van der Waals surface area contributed by atoms with Gasteiger partial charge in [-0.05, 0) is 13.0 Å². The van der Waals surface area contributed by atoms with Gasteiger partial charge >= 0.3 is 0 Å².